The van der Waals surface area contributed by atoms with E-state index in [9.17, 15) is 5.11 Å². The van der Waals surface area contributed by atoms with E-state index in [4.69, 9.17) is 0 Å². The Bertz CT molecular complexity index is 263. The Labute approximate surface area is 74.1 Å². The molecule has 1 aromatic rings. The number of hydrogen-bond donors (Lipinski definition) is 1. The summed E-state index contributed by atoms with van der Waals surface area (Å²) in [5, 5.41) is 9.56. The summed E-state index contributed by atoms with van der Waals surface area (Å²) in [4.78, 5) is 0. The molecule has 0 fully saturated rings. The Morgan fingerprint density at radius 1 is 1.50 bits per heavy atom. The van der Waals surface area contributed by atoms with Crippen molar-refractivity contribution in [2.45, 2.75) is 32.6 Å². The van der Waals surface area contributed by atoms with Gasteiger partial charge in [-0.25, -0.2) is 0 Å². The normalized spacial score (nSPS) is 11.6. The highest BCUT2D eigenvalue weighted by atomic mass is 16.3. The molecule has 1 rings (SSSR count). The predicted octanol–water partition coefficient (Wildman–Crippen LogP) is 2.88. The quantitative estimate of drug-likeness (QED) is 0.710. The van der Waals surface area contributed by atoms with Gasteiger partial charge in [-0.05, 0) is 30.0 Å². The Kier molecular flexibility index (Phi) is 2.41. The summed E-state index contributed by atoms with van der Waals surface area (Å²) in [6.07, 6.45) is 1.01. The average Bonchev–Trinajstić information content (AvgIpc) is 2.05. The SMILES string of the molecule is CCC(C)(C)c1c[c]ccc1O. The summed E-state index contributed by atoms with van der Waals surface area (Å²) in [6, 6.07) is 8.26. The third-order valence-corrected chi connectivity index (χ3v) is 2.45. The highest BCUT2D eigenvalue weighted by Gasteiger charge is 2.20. The van der Waals surface area contributed by atoms with Crippen LogP contribution in [0.15, 0.2) is 18.2 Å². The average molecular weight is 163 g/mol. The van der Waals surface area contributed by atoms with Crippen molar-refractivity contribution >= 4 is 0 Å². The summed E-state index contributed by atoms with van der Waals surface area (Å²) in [7, 11) is 0. The molecule has 0 spiro atoms. The fraction of sp³-hybridized carbons (Fsp3) is 0.455. The van der Waals surface area contributed by atoms with Crippen LogP contribution in [0.4, 0.5) is 0 Å². The van der Waals surface area contributed by atoms with Crippen molar-refractivity contribution in [1.82, 2.24) is 0 Å². The number of aromatic hydroxyl groups is 1. The maximum Gasteiger partial charge on any atom is 0.119 e. The number of rotatable bonds is 2. The molecule has 0 unspecified atom stereocenters. The van der Waals surface area contributed by atoms with Crippen molar-refractivity contribution in [3.05, 3.63) is 29.8 Å². The van der Waals surface area contributed by atoms with Gasteiger partial charge in [0, 0.05) is 5.56 Å². The van der Waals surface area contributed by atoms with Gasteiger partial charge in [0.2, 0.25) is 0 Å². The van der Waals surface area contributed by atoms with Gasteiger partial charge in [-0.1, -0.05) is 26.8 Å². The molecular formula is C11H15O. The molecule has 0 aromatic heterocycles. The molecule has 0 heterocycles. The molecule has 0 aliphatic heterocycles. The van der Waals surface area contributed by atoms with Gasteiger partial charge in [0.05, 0.1) is 0 Å². The predicted molar refractivity (Wildman–Crippen MR) is 50.3 cm³/mol. The monoisotopic (exact) mass is 163 g/mol. The second-order valence-corrected chi connectivity index (χ2v) is 3.68. The van der Waals surface area contributed by atoms with Crippen LogP contribution in [0.2, 0.25) is 0 Å². The topological polar surface area (TPSA) is 20.2 Å². The zero-order valence-electron chi connectivity index (χ0n) is 7.89. The molecule has 0 saturated heterocycles. The fourth-order valence-corrected chi connectivity index (χ4v) is 1.15. The smallest absolute Gasteiger partial charge is 0.119 e. The van der Waals surface area contributed by atoms with Crippen LogP contribution in [0.1, 0.15) is 32.8 Å². The largest absolute Gasteiger partial charge is 0.508 e. The molecule has 0 amide bonds. The van der Waals surface area contributed by atoms with Gasteiger partial charge in [-0.2, -0.15) is 0 Å². The molecule has 0 saturated carbocycles. The van der Waals surface area contributed by atoms with Crippen molar-refractivity contribution in [1.29, 1.82) is 0 Å². The van der Waals surface area contributed by atoms with Crippen molar-refractivity contribution in [3.63, 3.8) is 0 Å². The van der Waals surface area contributed by atoms with Gasteiger partial charge in [-0.15, -0.1) is 0 Å². The fourth-order valence-electron chi connectivity index (χ4n) is 1.15. The van der Waals surface area contributed by atoms with Gasteiger partial charge >= 0.3 is 0 Å². The van der Waals surface area contributed by atoms with Gasteiger partial charge in [-0.3, -0.25) is 0 Å². The molecule has 0 aliphatic carbocycles. The van der Waals surface area contributed by atoms with Crippen LogP contribution >= 0.6 is 0 Å². The van der Waals surface area contributed by atoms with Crippen LogP contribution in [-0.2, 0) is 5.41 Å². The van der Waals surface area contributed by atoms with Crippen LogP contribution in [0.5, 0.6) is 5.75 Å². The van der Waals surface area contributed by atoms with E-state index in [2.05, 4.69) is 26.8 Å². The minimum absolute atomic E-state index is 0.0435. The van der Waals surface area contributed by atoms with E-state index in [1.165, 1.54) is 0 Å². The Hall–Kier alpha value is -0.980. The van der Waals surface area contributed by atoms with Gasteiger partial charge in [0.15, 0.2) is 0 Å². The summed E-state index contributed by atoms with van der Waals surface area (Å²) in [5.74, 6) is 0.376. The maximum absolute atomic E-state index is 9.56. The van der Waals surface area contributed by atoms with Crippen LogP contribution in [0.25, 0.3) is 0 Å². The molecule has 1 nitrogen and oxygen atoms in total. The van der Waals surface area contributed by atoms with Crippen molar-refractivity contribution in [2.75, 3.05) is 0 Å². The second-order valence-electron chi connectivity index (χ2n) is 3.68. The minimum Gasteiger partial charge on any atom is -0.508 e. The van der Waals surface area contributed by atoms with E-state index in [1.807, 2.05) is 6.07 Å². The summed E-state index contributed by atoms with van der Waals surface area (Å²) in [6.45, 7) is 6.36. The lowest BCUT2D eigenvalue weighted by molar-refractivity contribution is 0.428. The molecule has 1 heteroatoms. The first kappa shape index (κ1) is 9.11. The second kappa shape index (κ2) is 3.18. The standard InChI is InChI=1S/C11H15O/c1-4-11(2,3)9-7-5-6-8-10(9)12/h6-8,12H,4H2,1-3H3. The number of phenolic OH excluding ortho intramolecular Hbond substituents is 1. The van der Waals surface area contributed by atoms with E-state index >= 15 is 0 Å². The third kappa shape index (κ3) is 1.60. The highest BCUT2D eigenvalue weighted by Crippen LogP contribution is 2.32. The number of hydrogen-bond acceptors (Lipinski definition) is 1. The van der Waals surface area contributed by atoms with E-state index < -0.39 is 0 Å². The van der Waals surface area contributed by atoms with E-state index in [-0.39, 0.29) is 5.41 Å². The molecule has 1 N–H and O–H groups in total. The summed E-state index contributed by atoms with van der Waals surface area (Å²) < 4.78 is 0. The van der Waals surface area contributed by atoms with Gasteiger partial charge in [0.25, 0.3) is 0 Å². The van der Waals surface area contributed by atoms with Crippen molar-refractivity contribution in [3.8, 4) is 5.75 Å². The van der Waals surface area contributed by atoms with Crippen LogP contribution in [-0.4, -0.2) is 5.11 Å². The molecule has 12 heavy (non-hydrogen) atoms. The molecular weight excluding hydrogens is 148 g/mol. The first-order valence-corrected chi connectivity index (χ1v) is 4.27. The zero-order chi connectivity index (χ0) is 9.19. The molecule has 0 bridgehead atoms. The molecule has 65 valence electrons. The number of phenols is 1. The zero-order valence-corrected chi connectivity index (χ0v) is 7.89. The minimum atomic E-state index is 0.0435. The van der Waals surface area contributed by atoms with Crippen LogP contribution in [0, 0.1) is 6.07 Å². The Morgan fingerprint density at radius 3 is 2.67 bits per heavy atom. The van der Waals surface area contributed by atoms with Gasteiger partial charge in [0.1, 0.15) is 5.75 Å². The highest BCUT2D eigenvalue weighted by molar-refractivity contribution is 5.36. The Balaban J connectivity index is 3.10. The lowest BCUT2D eigenvalue weighted by Gasteiger charge is -2.23. The lowest BCUT2D eigenvalue weighted by atomic mass is 9.82. The van der Waals surface area contributed by atoms with E-state index in [0.717, 1.165) is 12.0 Å². The molecule has 0 aliphatic rings. The summed E-state index contributed by atoms with van der Waals surface area (Å²) >= 11 is 0. The molecule has 1 aromatic carbocycles. The molecule has 0 atom stereocenters. The Morgan fingerprint density at radius 2 is 2.17 bits per heavy atom. The van der Waals surface area contributed by atoms with E-state index in [0.29, 0.717) is 5.75 Å². The third-order valence-electron chi connectivity index (χ3n) is 2.45. The first-order valence-electron chi connectivity index (χ1n) is 4.27. The number of benzene rings is 1. The first-order chi connectivity index (χ1) is 5.58. The maximum atomic E-state index is 9.56. The van der Waals surface area contributed by atoms with Crippen molar-refractivity contribution < 1.29 is 5.11 Å². The summed E-state index contributed by atoms with van der Waals surface area (Å²) in [5.41, 5.74) is 1.02. The van der Waals surface area contributed by atoms with Crippen molar-refractivity contribution in [2.24, 2.45) is 0 Å². The van der Waals surface area contributed by atoms with Gasteiger partial charge < -0.3 is 5.11 Å². The van der Waals surface area contributed by atoms with Crippen LogP contribution in [0.3, 0.4) is 0 Å². The lowest BCUT2D eigenvalue weighted by Crippen LogP contribution is -2.15. The molecule has 1 radical (unpaired) electrons. The van der Waals surface area contributed by atoms with Crippen LogP contribution < -0.4 is 0 Å². The van der Waals surface area contributed by atoms with E-state index in [1.54, 1.807) is 12.1 Å².